The number of halogens is 1. The van der Waals surface area contributed by atoms with Gasteiger partial charge in [-0.05, 0) is 26.0 Å². The molecule has 0 aliphatic heterocycles. The molecule has 98 valence electrons. The summed E-state index contributed by atoms with van der Waals surface area (Å²) >= 11 is 5.78. The first-order valence-electron chi connectivity index (χ1n) is 5.47. The fourth-order valence-electron chi connectivity index (χ4n) is 1.49. The van der Waals surface area contributed by atoms with E-state index in [1.807, 2.05) is 0 Å². The van der Waals surface area contributed by atoms with Crippen LogP contribution >= 0.6 is 11.6 Å². The van der Waals surface area contributed by atoms with Crippen LogP contribution in [0.25, 0.3) is 0 Å². The van der Waals surface area contributed by atoms with E-state index in [-0.39, 0.29) is 17.0 Å². The van der Waals surface area contributed by atoms with Gasteiger partial charge in [0.2, 0.25) is 5.91 Å². The predicted molar refractivity (Wildman–Crippen MR) is 69.6 cm³/mol. The summed E-state index contributed by atoms with van der Waals surface area (Å²) in [5, 5.41) is 2.87. The summed E-state index contributed by atoms with van der Waals surface area (Å²) in [6, 6.07) is 2.50. The Morgan fingerprint density at radius 1 is 1.39 bits per heavy atom. The van der Waals surface area contributed by atoms with Gasteiger partial charge in [0.05, 0.1) is 0 Å². The number of likely N-dealkylation sites (N-methyl/N-ethyl adjacent to an activating group) is 1. The zero-order valence-corrected chi connectivity index (χ0v) is 11.6. The molecule has 1 N–H and O–H groups in total. The van der Waals surface area contributed by atoms with Crippen molar-refractivity contribution in [3.63, 3.8) is 0 Å². The molecule has 1 atom stereocenters. The molecule has 1 unspecified atom stereocenters. The zero-order valence-electron chi connectivity index (χ0n) is 10.8. The van der Waals surface area contributed by atoms with Crippen molar-refractivity contribution < 1.29 is 9.59 Å². The molecule has 2 amide bonds. The van der Waals surface area contributed by atoms with Crippen LogP contribution < -0.4 is 5.32 Å². The maximum atomic E-state index is 11.9. The minimum Gasteiger partial charge on any atom is -0.347 e. The van der Waals surface area contributed by atoms with E-state index in [0.29, 0.717) is 11.3 Å². The van der Waals surface area contributed by atoms with Crippen LogP contribution in [0.5, 0.6) is 0 Å². The van der Waals surface area contributed by atoms with E-state index in [1.165, 1.54) is 11.0 Å². The Balaban J connectivity index is 2.79. The zero-order chi connectivity index (χ0) is 13.9. The van der Waals surface area contributed by atoms with E-state index in [0.717, 1.165) is 0 Å². The first-order chi connectivity index (χ1) is 8.31. The third-order valence-electron chi connectivity index (χ3n) is 2.34. The molecule has 1 rings (SSSR count). The summed E-state index contributed by atoms with van der Waals surface area (Å²) in [4.78, 5) is 28.9. The Morgan fingerprint density at radius 3 is 2.50 bits per heavy atom. The monoisotopic (exact) mass is 269 g/mol. The van der Waals surface area contributed by atoms with Crippen LogP contribution in [0.15, 0.2) is 12.1 Å². The normalized spacial score (nSPS) is 11.8. The van der Waals surface area contributed by atoms with Crippen molar-refractivity contribution in [2.45, 2.75) is 19.9 Å². The van der Waals surface area contributed by atoms with Gasteiger partial charge in [-0.25, -0.2) is 4.98 Å². The highest BCUT2D eigenvalue weighted by Gasteiger charge is 2.18. The fourth-order valence-corrected chi connectivity index (χ4v) is 1.74. The number of hydrogen-bond donors (Lipinski definition) is 1. The van der Waals surface area contributed by atoms with E-state index in [1.54, 1.807) is 34.0 Å². The molecule has 0 radical (unpaired) electrons. The molecule has 1 aromatic heterocycles. The van der Waals surface area contributed by atoms with Crippen LogP contribution in [-0.2, 0) is 4.79 Å². The molecule has 1 heterocycles. The molecule has 18 heavy (non-hydrogen) atoms. The van der Waals surface area contributed by atoms with Crippen LogP contribution in [0.3, 0.4) is 0 Å². The third-order valence-corrected chi connectivity index (χ3v) is 2.54. The maximum absolute atomic E-state index is 11.9. The molecule has 1 aromatic rings. The van der Waals surface area contributed by atoms with Gasteiger partial charge >= 0.3 is 0 Å². The van der Waals surface area contributed by atoms with Crippen molar-refractivity contribution in [2.24, 2.45) is 0 Å². The van der Waals surface area contributed by atoms with Gasteiger partial charge in [0.15, 0.2) is 0 Å². The van der Waals surface area contributed by atoms with E-state index < -0.39 is 6.04 Å². The van der Waals surface area contributed by atoms with Gasteiger partial charge in [0.25, 0.3) is 5.91 Å². The van der Waals surface area contributed by atoms with Crippen molar-refractivity contribution in [2.75, 3.05) is 14.1 Å². The quantitative estimate of drug-likeness (QED) is 0.840. The number of nitrogens with one attached hydrogen (secondary N) is 1. The molecule has 0 saturated heterocycles. The summed E-state index contributed by atoms with van der Waals surface area (Å²) in [5.41, 5.74) is 1.05. The number of aryl methyl sites for hydroxylation is 1. The molecular weight excluding hydrogens is 254 g/mol. The third kappa shape index (κ3) is 3.70. The lowest BCUT2D eigenvalue weighted by atomic mass is 10.2. The summed E-state index contributed by atoms with van der Waals surface area (Å²) in [5.74, 6) is -0.509. The largest absolute Gasteiger partial charge is 0.347 e. The Hall–Kier alpha value is -1.62. The van der Waals surface area contributed by atoms with Gasteiger partial charge in [-0.1, -0.05) is 11.6 Å². The summed E-state index contributed by atoms with van der Waals surface area (Å²) in [6.07, 6.45) is 0. The highest BCUT2D eigenvalue weighted by atomic mass is 35.5. The van der Waals surface area contributed by atoms with Gasteiger partial charge in [0, 0.05) is 25.4 Å². The van der Waals surface area contributed by atoms with Crippen molar-refractivity contribution in [1.29, 1.82) is 0 Å². The van der Waals surface area contributed by atoms with E-state index in [2.05, 4.69) is 10.3 Å². The second kappa shape index (κ2) is 5.82. The minimum atomic E-state index is -0.584. The molecule has 6 heteroatoms. The number of carbonyl (C=O) groups is 2. The molecule has 0 aliphatic carbocycles. The average Bonchev–Trinajstić information content (AvgIpc) is 2.26. The number of aromatic nitrogens is 1. The molecule has 0 saturated carbocycles. The molecule has 0 bridgehead atoms. The Bertz CT molecular complexity index is 454. The van der Waals surface area contributed by atoms with Gasteiger partial charge in [0.1, 0.15) is 11.2 Å². The lowest BCUT2D eigenvalue weighted by Crippen LogP contribution is -2.44. The smallest absolute Gasteiger partial charge is 0.252 e. The predicted octanol–water partition coefficient (Wildman–Crippen LogP) is 1.25. The van der Waals surface area contributed by atoms with Crippen molar-refractivity contribution in [3.8, 4) is 0 Å². The van der Waals surface area contributed by atoms with Crippen LogP contribution in [0, 0.1) is 6.92 Å². The SMILES string of the molecule is Cc1cc(C(=O)NC(C)C(=O)N(C)C)cc(Cl)n1. The maximum Gasteiger partial charge on any atom is 0.252 e. The number of amides is 2. The van der Waals surface area contributed by atoms with Crippen molar-refractivity contribution in [1.82, 2.24) is 15.2 Å². The lowest BCUT2D eigenvalue weighted by Gasteiger charge is -2.18. The molecule has 0 fully saturated rings. The minimum absolute atomic E-state index is 0.166. The summed E-state index contributed by atoms with van der Waals surface area (Å²) < 4.78 is 0. The highest BCUT2D eigenvalue weighted by Crippen LogP contribution is 2.10. The average molecular weight is 270 g/mol. The van der Waals surface area contributed by atoms with Gasteiger partial charge in [-0.3, -0.25) is 9.59 Å². The van der Waals surface area contributed by atoms with Gasteiger partial charge in [-0.15, -0.1) is 0 Å². The van der Waals surface area contributed by atoms with Gasteiger partial charge < -0.3 is 10.2 Å². The topological polar surface area (TPSA) is 62.3 Å². The van der Waals surface area contributed by atoms with E-state index in [4.69, 9.17) is 11.6 Å². The van der Waals surface area contributed by atoms with Crippen molar-refractivity contribution in [3.05, 3.63) is 28.5 Å². The number of pyridine rings is 1. The first-order valence-corrected chi connectivity index (χ1v) is 5.85. The van der Waals surface area contributed by atoms with Crippen molar-refractivity contribution >= 4 is 23.4 Å². The second-order valence-electron chi connectivity index (χ2n) is 4.25. The fraction of sp³-hybridized carbons (Fsp3) is 0.417. The molecule has 5 nitrogen and oxygen atoms in total. The molecule has 0 spiro atoms. The number of nitrogens with zero attached hydrogens (tertiary/aromatic N) is 2. The summed E-state index contributed by atoms with van der Waals surface area (Å²) in [7, 11) is 3.27. The van der Waals surface area contributed by atoms with Crippen LogP contribution in [0.1, 0.15) is 23.0 Å². The van der Waals surface area contributed by atoms with Gasteiger partial charge in [-0.2, -0.15) is 0 Å². The second-order valence-corrected chi connectivity index (χ2v) is 4.63. The van der Waals surface area contributed by atoms with Crippen LogP contribution in [-0.4, -0.2) is 41.8 Å². The lowest BCUT2D eigenvalue weighted by molar-refractivity contribution is -0.130. The van der Waals surface area contributed by atoms with Crippen LogP contribution in [0.2, 0.25) is 5.15 Å². The number of rotatable bonds is 3. The standard InChI is InChI=1S/C12H16ClN3O2/c1-7-5-9(6-10(13)14-7)11(17)15-8(2)12(18)16(3)4/h5-6,8H,1-4H3,(H,15,17). The molecule has 0 aromatic carbocycles. The highest BCUT2D eigenvalue weighted by molar-refractivity contribution is 6.29. The van der Waals surface area contributed by atoms with E-state index in [9.17, 15) is 9.59 Å². The van der Waals surface area contributed by atoms with E-state index >= 15 is 0 Å². The number of hydrogen-bond acceptors (Lipinski definition) is 3. The van der Waals surface area contributed by atoms with Crippen LogP contribution in [0.4, 0.5) is 0 Å². The molecule has 0 aliphatic rings. The number of carbonyl (C=O) groups excluding carboxylic acids is 2. The Morgan fingerprint density at radius 2 is 2.00 bits per heavy atom. The first kappa shape index (κ1) is 14.4. The summed E-state index contributed by atoms with van der Waals surface area (Å²) in [6.45, 7) is 3.38. The molecular formula is C12H16ClN3O2. The Labute approximate surface area is 111 Å². The Kier molecular flexibility index (Phi) is 4.67.